The highest BCUT2D eigenvalue weighted by atomic mass is 16.4. The summed E-state index contributed by atoms with van der Waals surface area (Å²) in [5, 5.41) is 11.6. The highest BCUT2D eigenvalue weighted by Gasteiger charge is 2.23. The highest BCUT2D eigenvalue weighted by Crippen LogP contribution is 2.20. The number of aliphatic carboxylic acids is 1. The molecule has 1 aromatic rings. The molecule has 1 aromatic carbocycles. The van der Waals surface area contributed by atoms with Crippen molar-refractivity contribution in [2.24, 2.45) is 5.92 Å². The Hall–Kier alpha value is -1.88. The van der Waals surface area contributed by atoms with Gasteiger partial charge in [0.1, 0.15) is 0 Å². The van der Waals surface area contributed by atoms with Crippen LogP contribution in [-0.2, 0) is 9.59 Å². The van der Waals surface area contributed by atoms with Crippen LogP contribution in [0, 0.1) is 5.92 Å². The van der Waals surface area contributed by atoms with E-state index >= 15 is 0 Å². The van der Waals surface area contributed by atoms with E-state index in [4.69, 9.17) is 5.11 Å². The molecule has 20 heavy (non-hydrogen) atoms. The molecule has 1 amide bonds. The average Bonchev–Trinajstić information content (AvgIpc) is 2.46. The number of nitrogens with one attached hydrogen (secondary N) is 1. The van der Waals surface area contributed by atoms with Crippen molar-refractivity contribution in [1.29, 1.82) is 0 Å². The summed E-state index contributed by atoms with van der Waals surface area (Å²) in [6, 6.07) is 9.74. The van der Waals surface area contributed by atoms with Crippen molar-refractivity contribution in [3.8, 4) is 0 Å². The monoisotopic (exact) mass is 278 g/mol. The van der Waals surface area contributed by atoms with Gasteiger partial charge in [0.2, 0.25) is 5.91 Å². The molecular formula is C15H22N2O3. The molecule has 0 spiro atoms. The number of hydrogen-bond donors (Lipinski definition) is 2. The quantitative estimate of drug-likeness (QED) is 0.793. The van der Waals surface area contributed by atoms with Gasteiger partial charge in [0, 0.05) is 19.6 Å². The minimum absolute atomic E-state index is 0.0182. The molecule has 0 radical (unpaired) electrons. The van der Waals surface area contributed by atoms with Crippen molar-refractivity contribution in [1.82, 2.24) is 10.2 Å². The van der Waals surface area contributed by atoms with Crippen LogP contribution in [0.5, 0.6) is 0 Å². The lowest BCUT2D eigenvalue weighted by Crippen LogP contribution is -2.40. The SMILES string of the molecule is CNC(=O)CN(CC(C)C(=O)O)C(C)c1ccccc1. The summed E-state index contributed by atoms with van der Waals surface area (Å²) in [6.45, 7) is 4.15. The van der Waals surface area contributed by atoms with E-state index < -0.39 is 11.9 Å². The van der Waals surface area contributed by atoms with Gasteiger partial charge in [-0.2, -0.15) is 0 Å². The lowest BCUT2D eigenvalue weighted by atomic mass is 10.0. The van der Waals surface area contributed by atoms with Gasteiger partial charge in [0.05, 0.1) is 12.5 Å². The Morgan fingerprint density at radius 3 is 2.35 bits per heavy atom. The van der Waals surface area contributed by atoms with Gasteiger partial charge in [-0.3, -0.25) is 14.5 Å². The molecule has 5 nitrogen and oxygen atoms in total. The van der Waals surface area contributed by atoms with Crippen molar-refractivity contribution in [3.05, 3.63) is 35.9 Å². The zero-order valence-electron chi connectivity index (χ0n) is 12.2. The van der Waals surface area contributed by atoms with Gasteiger partial charge in [-0.25, -0.2) is 0 Å². The lowest BCUT2D eigenvalue weighted by molar-refractivity contribution is -0.142. The van der Waals surface area contributed by atoms with Crippen LogP contribution in [0.25, 0.3) is 0 Å². The van der Waals surface area contributed by atoms with Crippen LogP contribution >= 0.6 is 0 Å². The molecule has 0 aliphatic rings. The fraction of sp³-hybridized carbons (Fsp3) is 0.467. The number of hydrogen-bond acceptors (Lipinski definition) is 3. The zero-order chi connectivity index (χ0) is 15.1. The second kappa shape index (κ2) is 7.65. The number of carboxylic acids is 1. The topological polar surface area (TPSA) is 69.6 Å². The Morgan fingerprint density at radius 1 is 1.25 bits per heavy atom. The fourth-order valence-corrected chi connectivity index (χ4v) is 2.00. The van der Waals surface area contributed by atoms with Crippen molar-refractivity contribution in [2.45, 2.75) is 19.9 Å². The third-order valence-electron chi connectivity index (χ3n) is 3.39. The van der Waals surface area contributed by atoms with E-state index in [2.05, 4.69) is 5.32 Å². The summed E-state index contributed by atoms with van der Waals surface area (Å²) in [7, 11) is 1.58. The van der Waals surface area contributed by atoms with Crippen molar-refractivity contribution >= 4 is 11.9 Å². The van der Waals surface area contributed by atoms with Crippen LogP contribution in [-0.4, -0.2) is 42.0 Å². The number of benzene rings is 1. The first-order chi connectivity index (χ1) is 9.45. The summed E-state index contributed by atoms with van der Waals surface area (Å²) >= 11 is 0. The predicted octanol–water partition coefficient (Wildman–Crippen LogP) is 1.52. The van der Waals surface area contributed by atoms with Crippen LogP contribution in [0.4, 0.5) is 0 Å². The molecule has 0 aromatic heterocycles. The third kappa shape index (κ3) is 4.66. The maximum Gasteiger partial charge on any atom is 0.307 e. The molecule has 5 heteroatoms. The Labute approximate surface area is 119 Å². The smallest absolute Gasteiger partial charge is 0.307 e. The summed E-state index contributed by atoms with van der Waals surface area (Å²) in [4.78, 5) is 24.5. The summed E-state index contributed by atoms with van der Waals surface area (Å²) in [5.74, 6) is -1.50. The Kier molecular flexibility index (Phi) is 6.18. The van der Waals surface area contributed by atoms with Crippen LogP contribution in [0.1, 0.15) is 25.5 Å². The molecule has 0 fully saturated rings. The van der Waals surface area contributed by atoms with Crippen molar-refractivity contribution in [3.63, 3.8) is 0 Å². The second-order valence-corrected chi connectivity index (χ2v) is 4.93. The molecule has 0 saturated heterocycles. The largest absolute Gasteiger partial charge is 0.481 e. The van der Waals surface area contributed by atoms with E-state index in [1.807, 2.05) is 42.2 Å². The van der Waals surface area contributed by atoms with Gasteiger partial charge in [-0.1, -0.05) is 37.3 Å². The highest BCUT2D eigenvalue weighted by molar-refractivity contribution is 5.77. The second-order valence-electron chi connectivity index (χ2n) is 4.93. The summed E-state index contributed by atoms with van der Waals surface area (Å²) < 4.78 is 0. The number of carbonyl (C=O) groups excluding carboxylic acids is 1. The molecule has 0 heterocycles. The number of amides is 1. The molecule has 2 N–H and O–H groups in total. The zero-order valence-corrected chi connectivity index (χ0v) is 12.2. The molecule has 0 bridgehead atoms. The summed E-state index contributed by atoms with van der Waals surface area (Å²) in [6.07, 6.45) is 0. The summed E-state index contributed by atoms with van der Waals surface area (Å²) in [5.41, 5.74) is 1.06. The van der Waals surface area contributed by atoms with Gasteiger partial charge in [0.25, 0.3) is 0 Å². The minimum Gasteiger partial charge on any atom is -0.481 e. The van der Waals surface area contributed by atoms with Crippen molar-refractivity contribution in [2.75, 3.05) is 20.1 Å². The molecule has 0 saturated carbocycles. The molecule has 110 valence electrons. The number of carboxylic acid groups (broad SMARTS) is 1. The first-order valence-electron chi connectivity index (χ1n) is 6.68. The van der Waals surface area contributed by atoms with Crippen molar-refractivity contribution < 1.29 is 14.7 Å². The number of nitrogens with zero attached hydrogens (tertiary/aromatic N) is 1. The normalized spacial score (nSPS) is 13.8. The maximum absolute atomic E-state index is 11.6. The van der Waals surface area contributed by atoms with E-state index in [0.717, 1.165) is 5.56 Å². The maximum atomic E-state index is 11.6. The van der Waals surface area contributed by atoms with Crippen LogP contribution in [0.2, 0.25) is 0 Å². The van der Waals surface area contributed by atoms with Crippen LogP contribution in [0.3, 0.4) is 0 Å². The number of rotatable bonds is 7. The molecule has 0 aliphatic carbocycles. The van der Waals surface area contributed by atoms with Gasteiger partial charge in [-0.15, -0.1) is 0 Å². The lowest BCUT2D eigenvalue weighted by Gasteiger charge is -2.30. The van der Waals surface area contributed by atoms with Gasteiger partial charge in [0.15, 0.2) is 0 Å². The molecule has 2 atom stereocenters. The first-order valence-corrected chi connectivity index (χ1v) is 6.68. The Bertz CT molecular complexity index is 448. The molecule has 1 rings (SSSR count). The van der Waals surface area contributed by atoms with Crippen LogP contribution in [0.15, 0.2) is 30.3 Å². The number of carbonyl (C=O) groups is 2. The van der Waals surface area contributed by atoms with E-state index in [-0.39, 0.29) is 18.5 Å². The van der Waals surface area contributed by atoms with E-state index in [9.17, 15) is 9.59 Å². The van der Waals surface area contributed by atoms with E-state index in [0.29, 0.717) is 6.54 Å². The van der Waals surface area contributed by atoms with E-state index in [1.54, 1.807) is 14.0 Å². The third-order valence-corrected chi connectivity index (χ3v) is 3.39. The fourth-order valence-electron chi connectivity index (χ4n) is 2.00. The van der Waals surface area contributed by atoms with E-state index in [1.165, 1.54) is 0 Å². The molecular weight excluding hydrogens is 256 g/mol. The predicted molar refractivity (Wildman–Crippen MR) is 77.3 cm³/mol. The number of likely N-dealkylation sites (N-methyl/N-ethyl adjacent to an activating group) is 1. The minimum atomic E-state index is -0.854. The first kappa shape index (κ1) is 16.2. The molecule has 2 unspecified atom stereocenters. The van der Waals surface area contributed by atoms with Gasteiger partial charge < -0.3 is 10.4 Å². The Morgan fingerprint density at radius 2 is 1.85 bits per heavy atom. The van der Waals surface area contributed by atoms with Gasteiger partial charge >= 0.3 is 5.97 Å². The Balaban J connectivity index is 2.86. The molecule has 0 aliphatic heterocycles. The standard InChI is InChI=1S/C15H22N2O3/c1-11(15(19)20)9-17(10-14(18)16-3)12(2)13-7-5-4-6-8-13/h4-8,11-12H,9-10H2,1-3H3,(H,16,18)(H,19,20). The average molecular weight is 278 g/mol. The van der Waals surface area contributed by atoms with Crippen LogP contribution < -0.4 is 5.32 Å². The van der Waals surface area contributed by atoms with Gasteiger partial charge in [-0.05, 0) is 12.5 Å².